The third-order valence-corrected chi connectivity index (χ3v) is 5.02. The average Bonchev–Trinajstić information content (AvgIpc) is 3.11. The highest BCUT2D eigenvalue weighted by Gasteiger charge is 2.20. The third kappa shape index (κ3) is 5.08. The van der Waals surface area contributed by atoms with Crippen molar-refractivity contribution >= 4 is 17.6 Å². The van der Waals surface area contributed by atoms with Gasteiger partial charge < -0.3 is 28.8 Å². The molecule has 2 aromatic carbocycles. The van der Waals surface area contributed by atoms with Crippen LogP contribution in [0.5, 0.6) is 17.2 Å². The Morgan fingerprint density at radius 3 is 2.09 bits per heavy atom. The summed E-state index contributed by atoms with van der Waals surface area (Å²) in [6.45, 7) is 3.09. The lowest BCUT2D eigenvalue weighted by Crippen LogP contribution is -2.21. The number of anilines is 1. The normalized spacial score (nSPS) is 10.5. The molecule has 0 fully saturated rings. The van der Waals surface area contributed by atoms with Gasteiger partial charge in [-0.2, -0.15) is 0 Å². The maximum absolute atomic E-state index is 13.3. The van der Waals surface area contributed by atoms with E-state index >= 15 is 0 Å². The van der Waals surface area contributed by atoms with Gasteiger partial charge >= 0.3 is 5.97 Å². The molecule has 1 N–H and O–H groups in total. The van der Waals surface area contributed by atoms with Crippen LogP contribution >= 0.6 is 0 Å². The molecule has 0 unspecified atom stereocenters. The highest BCUT2D eigenvalue weighted by atomic mass is 19.1. The van der Waals surface area contributed by atoms with Crippen molar-refractivity contribution in [2.75, 3.05) is 33.3 Å². The van der Waals surface area contributed by atoms with E-state index in [4.69, 9.17) is 18.9 Å². The minimum absolute atomic E-state index is 0.317. The Morgan fingerprint density at radius 1 is 0.939 bits per heavy atom. The molecule has 0 aliphatic heterocycles. The first kappa shape index (κ1) is 23.6. The minimum Gasteiger partial charge on any atom is -0.493 e. The second kappa shape index (κ2) is 10.1. The molecule has 1 amide bonds. The van der Waals surface area contributed by atoms with Crippen LogP contribution in [0, 0.1) is 19.7 Å². The van der Waals surface area contributed by atoms with Crippen molar-refractivity contribution in [3.8, 4) is 22.9 Å². The van der Waals surface area contributed by atoms with E-state index in [0.29, 0.717) is 39.9 Å². The molecule has 0 bridgehead atoms. The van der Waals surface area contributed by atoms with Gasteiger partial charge in [-0.15, -0.1) is 0 Å². The molecule has 1 heterocycles. The molecule has 0 aliphatic carbocycles. The zero-order chi connectivity index (χ0) is 24.1. The number of carbonyl (C=O) groups excluding carboxylic acids is 2. The predicted molar refractivity (Wildman–Crippen MR) is 120 cm³/mol. The standard InChI is InChI=1S/C24H25FN2O6/c1-14-10-19(15(2)27(14)18-8-6-16(25)7-9-18)24(29)33-13-22(28)26-17-11-20(30-3)23(32-5)21(12-17)31-4/h6-12H,13H2,1-5H3,(H,26,28). The zero-order valence-electron chi connectivity index (χ0n) is 19.0. The Bertz CT molecular complexity index is 1150. The average molecular weight is 456 g/mol. The van der Waals surface area contributed by atoms with Crippen molar-refractivity contribution in [3.63, 3.8) is 0 Å². The van der Waals surface area contributed by atoms with Crippen LogP contribution in [0.25, 0.3) is 5.69 Å². The van der Waals surface area contributed by atoms with Gasteiger partial charge in [-0.05, 0) is 44.2 Å². The molecule has 0 radical (unpaired) electrons. The van der Waals surface area contributed by atoms with E-state index in [2.05, 4.69) is 5.32 Å². The molecule has 0 saturated carbocycles. The van der Waals surface area contributed by atoms with Crippen molar-refractivity contribution in [1.29, 1.82) is 0 Å². The van der Waals surface area contributed by atoms with Gasteiger partial charge in [0, 0.05) is 34.9 Å². The summed E-state index contributed by atoms with van der Waals surface area (Å²) < 4.78 is 36.1. The second-order valence-corrected chi connectivity index (χ2v) is 7.13. The van der Waals surface area contributed by atoms with Crippen molar-refractivity contribution in [1.82, 2.24) is 4.57 Å². The molecule has 9 heteroatoms. The number of methoxy groups -OCH3 is 3. The van der Waals surface area contributed by atoms with Crippen LogP contribution in [-0.4, -0.2) is 44.4 Å². The van der Waals surface area contributed by atoms with Crippen LogP contribution in [0.2, 0.25) is 0 Å². The lowest BCUT2D eigenvalue weighted by molar-refractivity contribution is -0.119. The fourth-order valence-electron chi connectivity index (χ4n) is 3.52. The number of ether oxygens (including phenoxy) is 4. The highest BCUT2D eigenvalue weighted by Crippen LogP contribution is 2.39. The summed E-state index contributed by atoms with van der Waals surface area (Å²) in [4.78, 5) is 25.0. The van der Waals surface area contributed by atoms with Crippen molar-refractivity contribution in [2.45, 2.75) is 13.8 Å². The summed E-state index contributed by atoms with van der Waals surface area (Å²) in [5.41, 5.74) is 2.81. The Morgan fingerprint density at radius 2 is 1.55 bits per heavy atom. The number of hydrogen-bond donors (Lipinski definition) is 1. The third-order valence-electron chi connectivity index (χ3n) is 5.02. The molecule has 0 aliphatic rings. The SMILES string of the molecule is COc1cc(NC(=O)COC(=O)c2cc(C)n(-c3ccc(F)cc3)c2C)cc(OC)c1OC. The Labute approximate surface area is 190 Å². The highest BCUT2D eigenvalue weighted by molar-refractivity contribution is 5.96. The van der Waals surface area contributed by atoms with E-state index in [1.54, 1.807) is 37.3 Å². The number of nitrogens with one attached hydrogen (secondary N) is 1. The maximum atomic E-state index is 13.3. The van der Waals surface area contributed by atoms with Crippen molar-refractivity contribution in [3.05, 3.63) is 65.2 Å². The molecule has 1 aromatic heterocycles. The van der Waals surface area contributed by atoms with E-state index < -0.39 is 18.5 Å². The second-order valence-electron chi connectivity index (χ2n) is 7.13. The van der Waals surface area contributed by atoms with Crippen molar-refractivity contribution in [2.24, 2.45) is 0 Å². The molecular formula is C24H25FN2O6. The molecule has 3 aromatic rings. The monoisotopic (exact) mass is 456 g/mol. The molecule has 0 saturated heterocycles. The van der Waals surface area contributed by atoms with Gasteiger partial charge in [0.2, 0.25) is 5.75 Å². The number of nitrogens with zero attached hydrogens (tertiary/aromatic N) is 1. The van der Waals surface area contributed by atoms with E-state index in [9.17, 15) is 14.0 Å². The van der Waals surface area contributed by atoms with Gasteiger partial charge in [0.25, 0.3) is 5.91 Å². The van der Waals surface area contributed by atoms with Gasteiger partial charge in [-0.1, -0.05) is 0 Å². The topological polar surface area (TPSA) is 88.0 Å². The Hall–Kier alpha value is -4.01. The van der Waals surface area contributed by atoms with Gasteiger partial charge in [0.05, 0.1) is 26.9 Å². The van der Waals surface area contributed by atoms with E-state index in [1.807, 2.05) is 11.5 Å². The summed E-state index contributed by atoms with van der Waals surface area (Å²) in [6, 6.07) is 10.7. The first-order chi connectivity index (χ1) is 15.8. The number of halogens is 1. The quantitative estimate of drug-likeness (QED) is 0.515. The molecule has 0 spiro atoms. The predicted octanol–water partition coefficient (Wildman–Crippen LogP) is 4.05. The van der Waals surface area contributed by atoms with Crippen LogP contribution in [0.15, 0.2) is 42.5 Å². The van der Waals surface area contributed by atoms with Gasteiger partial charge in [0.1, 0.15) is 5.82 Å². The number of amides is 1. The largest absolute Gasteiger partial charge is 0.493 e. The Balaban J connectivity index is 1.70. The summed E-state index contributed by atoms with van der Waals surface area (Å²) >= 11 is 0. The number of aromatic nitrogens is 1. The van der Waals surface area contributed by atoms with Gasteiger partial charge in [0.15, 0.2) is 18.1 Å². The zero-order valence-corrected chi connectivity index (χ0v) is 19.0. The number of aryl methyl sites for hydroxylation is 1. The minimum atomic E-state index is -0.642. The van der Waals surface area contributed by atoms with E-state index in [1.165, 1.54) is 33.5 Å². The smallest absolute Gasteiger partial charge is 0.340 e. The fourth-order valence-corrected chi connectivity index (χ4v) is 3.52. The lowest BCUT2D eigenvalue weighted by atomic mass is 10.2. The summed E-state index contributed by atoms with van der Waals surface area (Å²) in [5, 5.41) is 2.64. The number of hydrogen-bond acceptors (Lipinski definition) is 6. The number of carbonyl (C=O) groups is 2. The van der Waals surface area contributed by atoms with Crippen LogP contribution in [-0.2, 0) is 9.53 Å². The van der Waals surface area contributed by atoms with Gasteiger partial charge in [-0.25, -0.2) is 9.18 Å². The van der Waals surface area contributed by atoms with Crippen LogP contribution in [0.4, 0.5) is 10.1 Å². The first-order valence-electron chi connectivity index (χ1n) is 10.0. The van der Waals surface area contributed by atoms with Gasteiger partial charge in [-0.3, -0.25) is 4.79 Å². The summed E-state index contributed by atoms with van der Waals surface area (Å²) in [6.07, 6.45) is 0. The van der Waals surface area contributed by atoms with Crippen LogP contribution < -0.4 is 19.5 Å². The number of rotatable bonds is 8. The van der Waals surface area contributed by atoms with Crippen LogP contribution in [0.1, 0.15) is 21.7 Å². The van der Waals surface area contributed by atoms with E-state index in [0.717, 1.165) is 5.69 Å². The molecule has 8 nitrogen and oxygen atoms in total. The van der Waals surface area contributed by atoms with E-state index in [-0.39, 0.29) is 5.82 Å². The molecule has 33 heavy (non-hydrogen) atoms. The lowest BCUT2D eigenvalue weighted by Gasteiger charge is -2.14. The summed E-state index contributed by atoms with van der Waals surface area (Å²) in [5.74, 6) is -0.392. The molecule has 0 atom stereocenters. The number of benzene rings is 2. The maximum Gasteiger partial charge on any atom is 0.340 e. The van der Waals surface area contributed by atoms with Crippen molar-refractivity contribution < 1.29 is 32.9 Å². The van der Waals surface area contributed by atoms with Crippen LogP contribution in [0.3, 0.4) is 0 Å². The molecule has 3 rings (SSSR count). The fraction of sp³-hybridized carbons (Fsp3) is 0.250. The molecule has 174 valence electrons. The first-order valence-corrected chi connectivity index (χ1v) is 10.0. The Kier molecular flexibility index (Phi) is 7.22. The number of esters is 1. The summed E-state index contributed by atoms with van der Waals surface area (Å²) in [7, 11) is 4.41. The molecular weight excluding hydrogens is 431 g/mol.